The summed E-state index contributed by atoms with van der Waals surface area (Å²) in [5.41, 5.74) is 4.01. The number of nitrogen functional groups attached to an aromatic ring is 1. The first-order chi connectivity index (χ1) is 10.4. The molecular formula is C14H18N2O5S. The lowest BCUT2D eigenvalue weighted by Crippen LogP contribution is -2.32. The van der Waals surface area contributed by atoms with Gasteiger partial charge in [0.1, 0.15) is 6.10 Å². The number of aromatic nitrogens is 1. The zero-order valence-corrected chi connectivity index (χ0v) is 13.3. The third-order valence-corrected chi connectivity index (χ3v) is 4.83. The monoisotopic (exact) mass is 326 g/mol. The van der Waals surface area contributed by atoms with Gasteiger partial charge in [0, 0.05) is 24.8 Å². The molecule has 3 rings (SSSR count). The number of hydrogen-bond acceptors (Lipinski definition) is 8. The van der Waals surface area contributed by atoms with Gasteiger partial charge in [-0.2, -0.15) is 0 Å². The molecule has 2 saturated heterocycles. The molecule has 22 heavy (non-hydrogen) atoms. The van der Waals surface area contributed by atoms with Crippen molar-refractivity contribution in [3.63, 3.8) is 0 Å². The molecule has 3 atom stereocenters. The molecule has 2 aliphatic rings. The normalized spacial score (nSPS) is 34.2. The summed E-state index contributed by atoms with van der Waals surface area (Å²) in [6.07, 6.45) is 0.0754. The summed E-state index contributed by atoms with van der Waals surface area (Å²) in [6, 6.07) is 0. The van der Waals surface area contributed by atoms with Crippen LogP contribution < -0.4 is 5.73 Å². The number of ether oxygens (including phenoxy) is 3. The summed E-state index contributed by atoms with van der Waals surface area (Å²) < 4.78 is 16.1. The van der Waals surface area contributed by atoms with Crippen molar-refractivity contribution < 1.29 is 23.8 Å². The molecule has 1 aromatic rings. The first-order valence-corrected chi connectivity index (χ1v) is 8.01. The molecule has 2 aliphatic heterocycles. The van der Waals surface area contributed by atoms with Crippen molar-refractivity contribution in [1.29, 1.82) is 0 Å². The van der Waals surface area contributed by atoms with E-state index in [1.807, 2.05) is 6.92 Å². The number of nitrogens with two attached hydrogens (primary N) is 1. The maximum Gasteiger partial charge on any atom is 0.324 e. The van der Waals surface area contributed by atoms with Crippen LogP contribution in [0.25, 0.3) is 0 Å². The van der Waals surface area contributed by atoms with Gasteiger partial charge < -0.3 is 19.9 Å². The summed E-state index contributed by atoms with van der Waals surface area (Å²) in [5.74, 6) is -1.08. The quantitative estimate of drug-likeness (QED) is 0.656. The minimum atomic E-state index is -1.26. The van der Waals surface area contributed by atoms with Crippen molar-refractivity contribution in [2.75, 3.05) is 18.9 Å². The Morgan fingerprint density at radius 1 is 1.50 bits per heavy atom. The van der Waals surface area contributed by atoms with E-state index in [1.54, 1.807) is 12.3 Å². The Balaban J connectivity index is 1.84. The number of carbonyl (C=O) groups excluding carboxylic acids is 2. The number of hydrogen-bond donors (Lipinski definition) is 1. The highest BCUT2D eigenvalue weighted by molar-refractivity contribution is 7.13. The zero-order chi connectivity index (χ0) is 16.0. The Bertz CT molecular complexity index is 618. The summed E-state index contributed by atoms with van der Waals surface area (Å²) in [7, 11) is 0. The molecule has 0 radical (unpaired) electrons. The maximum atomic E-state index is 12.4. The second-order valence-corrected chi connectivity index (χ2v) is 6.73. The number of carbonyl (C=O) groups is 2. The molecule has 0 aromatic carbocycles. The fraction of sp³-hybridized carbons (Fsp3) is 0.643. The van der Waals surface area contributed by atoms with Crippen LogP contribution in [0.1, 0.15) is 32.4 Å². The predicted octanol–water partition coefficient (Wildman–Crippen LogP) is 1.23. The predicted molar refractivity (Wildman–Crippen MR) is 78.0 cm³/mol. The van der Waals surface area contributed by atoms with Crippen LogP contribution >= 0.6 is 11.3 Å². The van der Waals surface area contributed by atoms with Crippen molar-refractivity contribution in [3.05, 3.63) is 11.1 Å². The minimum absolute atomic E-state index is 0.212. The van der Waals surface area contributed by atoms with E-state index in [1.165, 1.54) is 11.3 Å². The van der Waals surface area contributed by atoms with Gasteiger partial charge in [0.2, 0.25) is 0 Å². The first kappa shape index (κ1) is 15.2. The number of nitrogens with zero attached hydrogens (tertiary/aromatic N) is 1. The number of anilines is 1. The van der Waals surface area contributed by atoms with Crippen molar-refractivity contribution in [3.8, 4) is 0 Å². The fourth-order valence-corrected chi connectivity index (χ4v) is 3.78. The second kappa shape index (κ2) is 5.20. The van der Waals surface area contributed by atoms with E-state index >= 15 is 0 Å². The molecule has 0 amide bonds. The molecule has 0 unspecified atom stereocenters. The van der Waals surface area contributed by atoms with Crippen LogP contribution in [-0.2, 0) is 29.4 Å². The molecule has 1 aromatic heterocycles. The highest BCUT2D eigenvalue weighted by Crippen LogP contribution is 2.52. The first-order valence-electron chi connectivity index (χ1n) is 7.13. The van der Waals surface area contributed by atoms with Crippen LogP contribution in [0.4, 0.5) is 5.13 Å². The van der Waals surface area contributed by atoms with E-state index in [9.17, 15) is 9.59 Å². The standard InChI is InChI=1S/C14H18N2O5S/c1-3-19-5-8-4-14(10(17)20-8)7-13(2,21-11(14)18)9-6-22-12(15)16-9/h6,8H,3-5,7H2,1-2H3,(H2,15,16)/t8-,13+,14+/m0/s1. The van der Waals surface area contributed by atoms with Crippen molar-refractivity contribution in [1.82, 2.24) is 4.98 Å². The smallest absolute Gasteiger partial charge is 0.324 e. The van der Waals surface area contributed by atoms with Gasteiger partial charge in [-0.15, -0.1) is 11.3 Å². The van der Waals surface area contributed by atoms with Gasteiger partial charge in [0.15, 0.2) is 16.1 Å². The van der Waals surface area contributed by atoms with Gasteiger partial charge in [0.05, 0.1) is 12.3 Å². The van der Waals surface area contributed by atoms with Gasteiger partial charge in [0.25, 0.3) is 0 Å². The molecule has 1 spiro atoms. The zero-order valence-electron chi connectivity index (χ0n) is 12.5. The molecule has 2 N–H and O–H groups in total. The third-order valence-electron chi connectivity index (χ3n) is 4.16. The number of esters is 2. The van der Waals surface area contributed by atoms with Crippen LogP contribution in [0.15, 0.2) is 5.38 Å². The molecule has 7 nitrogen and oxygen atoms in total. The topological polar surface area (TPSA) is 101 Å². The Labute approximate surface area is 131 Å². The van der Waals surface area contributed by atoms with Crippen LogP contribution in [0.3, 0.4) is 0 Å². The average molecular weight is 326 g/mol. The minimum Gasteiger partial charge on any atom is -0.459 e. The van der Waals surface area contributed by atoms with Crippen molar-refractivity contribution in [2.45, 2.75) is 38.4 Å². The molecular weight excluding hydrogens is 308 g/mol. The summed E-state index contributed by atoms with van der Waals surface area (Å²) >= 11 is 1.27. The SMILES string of the molecule is CCOC[C@@H]1C[C@@]2(C[C@](C)(c3csc(N)n3)OC2=O)C(=O)O1. The lowest BCUT2D eigenvalue weighted by atomic mass is 9.78. The van der Waals surface area contributed by atoms with Crippen LogP contribution in [0.5, 0.6) is 0 Å². The van der Waals surface area contributed by atoms with E-state index < -0.39 is 29.1 Å². The van der Waals surface area contributed by atoms with E-state index in [0.29, 0.717) is 17.4 Å². The number of rotatable bonds is 4. The maximum absolute atomic E-state index is 12.4. The van der Waals surface area contributed by atoms with Gasteiger partial charge >= 0.3 is 11.9 Å². The number of cyclic esters (lactones) is 2. The molecule has 120 valence electrons. The lowest BCUT2D eigenvalue weighted by molar-refractivity contribution is -0.160. The van der Waals surface area contributed by atoms with Crippen LogP contribution in [-0.4, -0.2) is 36.2 Å². The van der Waals surface area contributed by atoms with Crippen molar-refractivity contribution >= 4 is 28.4 Å². The fourth-order valence-electron chi connectivity index (χ4n) is 3.09. The Hall–Kier alpha value is -1.67. The molecule has 2 fully saturated rings. The van der Waals surface area contributed by atoms with Crippen molar-refractivity contribution in [2.24, 2.45) is 5.41 Å². The van der Waals surface area contributed by atoms with E-state index in [-0.39, 0.29) is 19.4 Å². The molecule has 0 saturated carbocycles. The van der Waals surface area contributed by atoms with Gasteiger partial charge in [-0.05, 0) is 13.8 Å². The van der Waals surface area contributed by atoms with Crippen LogP contribution in [0, 0.1) is 5.41 Å². The van der Waals surface area contributed by atoms with Gasteiger partial charge in [-0.1, -0.05) is 0 Å². The highest BCUT2D eigenvalue weighted by Gasteiger charge is 2.65. The van der Waals surface area contributed by atoms with E-state index in [4.69, 9.17) is 19.9 Å². The van der Waals surface area contributed by atoms with Gasteiger partial charge in [-0.3, -0.25) is 9.59 Å². The van der Waals surface area contributed by atoms with E-state index in [0.717, 1.165) is 0 Å². The Morgan fingerprint density at radius 3 is 2.91 bits per heavy atom. The lowest BCUT2D eigenvalue weighted by Gasteiger charge is -2.20. The van der Waals surface area contributed by atoms with Crippen LogP contribution in [0.2, 0.25) is 0 Å². The summed E-state index contributed by atoms with van der Waals surface area (Å²) in [6.45, 7) is 4.43. The highest BCUT2D eigenvalue weighted by atomic mass is 32.1. The third kappa shape index (κ3) is 2.26. The molecule has 8 heteroatoms. The Kier molecular flexibility index (Phi) is 3.60. The molecule has 0 aliphatic carbocycles. The summed E-state index contributed by atoms with van der Waals surface area (Å²) in [4.78, 5) is 28.9. The van der Waals surface area contributed by atoms with E-state index in [2.05, 4.69) is 4.98 Å². The second-order valence-electron chi connectivity index (χ2n) is 5.84. The Morgan fingerprint density at radius 2 is 2.27 bits per heavy atom. The number of thiazole rings is 1. The molecule has 0 bridgehead atoms. The average Bonchev–Trinajstić information content (AvgIpc) is 3.09. The summed E-state index contributed by atoms with van der Waals surface area (Å²) in [5, 5.41) is 2.15. The van der Waals surface area contributed by atoms with Gasteiger partial charge in [-0.25, -0.2) is 4.98 Å². The molecule has 3 heterocycles. The largest absolute Gasteiger partial charge is 0.459 e.